The first-order valence-electron chi connectivity index (χ1n) is 7.90. The van der Waals surface area contributed by atoms with Crippen molar-refractivity contribution in [1.82, 2.24) is 4.90 Å². The van der Waals surface area contributed by atoms with Crippen LogP contribution in [-0.4, -0.2) is 50.1 Å². The second-order valence-electron chi connectivity index (χ2n) is 6.01. The number of ether oxygens (including phenoxy) is 2. The standard InChI is InChI=1S/C17H22N2O4/c1-11-16(20)19(9-8-18(11)17(21)12-4-5-12)14-10-13(22-2)6-7-15(14)23-3/h6-7,10-12H,4-5,8-9H2,1-3H3/t11-/m1/s1. The third-order valence-electron chi connectivity index (χ3n) is 4.54. The van der Waals surface area contributed by atoms with Gasteiger partial charge in [-0.1, -0.05) is 0 Å². The second kappa shape index (κ2) is 6.10. The number of anilines is 1. The van der Waals surface area contributed by atoms with Gasteiger partial charge < -0.3 is 19.3 Å². The highest BCUT2D eigenvalue weighted by atomic mass is 16.5. The summed E-state index contributed by atoms with van der Waals surface area (Å²) in [6, 6.07) is 4.92. The van der Waals surface area contributed by atoms with E-state index in [0.29, 0.717) is 30.3 Å². The fourth-order valence-electron chi connectivity index (χ4n) is 2.98. The number of carbonyl (C=O) groups is 2. The molecule has 0 radical (unpaired) electrons. The van der Waals surface area contributed by atoms with Crippen molar-refractivity contribution in [3.8, 4) is 11.5 Å². The van der Waals surface area contributed by atoms with Crippen molar-refractivity contribution < 1.29 is 19.1 Å². The Balaban J connectivity index is 1.85. The number of piperazine rings is 1. The van der Waals surface area contributed by atoms with Crippen LogP contribution in [0.15, 0.2) is 18.2 Å². The van der Waals surface area contributed by atoms with Crippen LogP contribution in [0.2, 0.25) is 0 Å². The number of nitrogens with zero attached hydrogens (tertiary/aromatic N) is 2. The number of hydrogen-bond donors (Lipinski definition) is 0. The van der Waals surface area contributed by atoms with E-state index in [1.165, 1.54) is 0 Å². The molecule has 2 aliphatic rings. The average Bonchev–Trinajstić information content (AvgIpc) is 3.41. The highest BCUT2D eigenvalue weighted by molar-refractivity contribution is 6.01. The highest BCUT2D eigenvalue weighted by Gasteiger charge is 2.41. The molecule has 0 aromatic heterocycles. The molecular weight excluding hydrogens is 296 g/mol. The molecule has 1 heterocycles. The van der Waals surface area contributed by atoms with Crippen molar-refractivity contribution in [1.29, 1.82) is 0 Å². The lowest BCUT2D eigenvalue weighted by atomic mass is 10.1. The molecule has 0 bridgehead atoms. The van der Waals surface area contributed by atoms with E-state index in [1.807, 2.05) is 0 Å². The van der Waals surface area contributed by atoms with Gasteiger partial charge in [-0.3, -0.25) is 9.59 Å². The van der Waals surface area contributed by atoms with Gasteiger partial charge in [0.25, 0.3) is 0 Å². The first-order valence-corrected chi connectivity index (χ1v) is 7.90. The van der Waals surface area contributed by atoms with E-state index in [9.17, 15) is 9.59 Å². The Morgan fingerprint density at radius 2 is 1.91 bits per heavy atom. The van der Waals surface area contributed by atoms with Crippen LogP contribution in [0.25, 0.3) is 0 Å². The zero-order valence-electron chi connectivity index (χ0n) is 13.7. The molecule has 23 heavy (non-hydrogen) atoms. The molecule has 2 fully saturated rings. The predicted octanol–water partition coefficient (Wildman–Crippen LogP) is 1.68. The van der Waals surface area contributed by atoms with Crippen LogP contribution in [0.4, 0.5) is 5.69 Å². The molecule has 1 saturated carbocycles. The number of hydrogen-bond acceptors (Lipinski definition) is 4. The first kappa shape index (κ1) is 15.6. The largest absolute Gasteiger partial charge is 0.497 e. The van der Waals surface area contributed by atoms with Gasteiger partial charge in [0.15, 0.2) is 0 Å². The smallest absolute Gasteiger partial charge is 0.249 e. The molecule has 1 aliphatic heterocycles. The van der Waals surface area contributed by atoms with E-state index in [1.54, 1.807) is 49.1 Å². The maximum atomic E-state index is 12.8. The summed E-state index contributed by atoms with van der Waals surface area (Å²) in [7, 11) is 3.16. The molecule has 1 atom stereocenters. The fourth-order valence-corrected chi connectivity index (χ4v) is 2.98. The summed E-state index contributed by atoms with van der Waals surface area (Å²) < 4.78 is 10.6. The van der Waals surface area contributed by atoms with Crippen molar-refractivity contribution in [3.05, 3.63) is 18.2 Å². The Morgan fingerprint density at radius 3 is 2.52 bits per heavy atom. The van der Waals surface area contributed by atoms with E-state index in [-0.39, 0.29) is 17.7 Å². The second-order valence-corrected chi connectivity index (χ2v) is 6.01. The van der Waals surface area contributed by atoms with Crippen LogP contribution in [0.1, 0.15) is 19.8 Å². The molecule has 0 unspecified atom stereocenters. The molecule has 1 aliphatic carbocycles. The number of methoxy groups -OCH3 is 2. The number of rotatable bonds is 4. The molecule has 1 aromatic rings. The number of amides is 2. The molecule has 124 valence electrons. The van der Waals surface area contributed by atoms with Gasteiger partial charge in [0.05, 0.1) is 19.9 Å². The normalized spacial score (nSPS) is 21.3. The van der Waals surface area contributed by atoms with E-state index < -0.39 is 6.04 Å². The third kappa shape index (κ3) is 2.85. The van der Waals surface area contributed by atoms with Gasteiger partial charge in [-0.25, -0.2) is 0 Å². The lowest BCUT2D eigenvalue weighted by molar-refractivity contribution is -0.141. The lowest BCUT2D eigenvalue weighted by Crippen LogP contribution is -2.58. The van der Waals surface area contributed by atoms with Gasteiger partial charge in [0.1, 0.15) is 17.5 Å². The number of benzene rings is 1. The summed E-state index contributed by atoms with van der Waals surface area (Å²) in [5.41, 5.74) is 0.683. The third-order valence-corrected chi connectivity index (χ3v) is 4.54. The van der Waals surface area contributed by atoms with Gasteiger partial charge in [0.2, 0.25) is 11.8 Å². The average molecular weight is 318 g/mol. The van der Waals surface area contributed by atoms with Gasteiger partial charge >= 0.3 is 0 Å². The van der Waals surface area contributed by atoms with Crippen LogP contribution < -0.4 is 14.4 Å². The molecule has 0 spiro atoms. The van der Waals surface area contributed by atoms with E-state index >= 15 is 0 Å². The molecule has 0 N–H and O–H groups in total. The SMILES string of the molecule is COc1ccc(OC)c(N2CCN(C(=O)C3CC3)[C@H](C)C2=O)c1. The summed E-state index contributed by atoms with van der Waals surface area (Å²) in [4.78, 5) is 28.5. The summed E-state index contributed by atoms with van der Waals surface area (Å²) >= 11 is 0. The molecule has 2 amide bonds. The Hall–Kier alpha value is -2.24. The molecule has 6 heteroatoms. The van der Waals surface area contributed by atoms with Gasteiger partial charge in [-0.05, 0) is 31.9 Å². The quantitative estimate of drug-likeness (QED) is 0.847. The van der Waals surface area contributed by atoms with Gasteiger partial charge in [-0.2, -0.15) is 0 Å². The molecular formula is C17H22N2O4. The van der Waals surface area contributed by atoms with Crippen molar-refractivity contribution in [2.45, 2.75) is 25.8 Å². The minimum atomic E-state index is -0.451. The molecule has 1 saturated heterocycles. The zero-order chi connectivity index (χ0) is 16.6. The van der Waals surface area contributed by atoms with Gasteiger partial charge in [0, 0.05) is 25.1 Å². The van der Waals surface area contributed by atoms with E-state index in [4.69, 9.17) is 9.47 Å². The molecule has 6 nitrogen and oxygen atoms in total. The molecule has 1 aromatic carbocycles. The minimum absolute atomic E-state index is 0.0863. The summed E-state index contributed by atoms with van der Waals surface area (Å²) in [5, 5.41) is 0. The van der Waals surface area contributed by atoms with Crippen LogP contribution in [-0.2, 0) is 9.59 Å². The summed E-state index contributed by atoms with van der Waals surface area (Å²) in [6.45, 7) is 2.80. The molecule has 3 rings (SSSR count). The van der Waals surface area contributed by atoms with Crippen molar-refractivity contribution in [3.63, 3.8) is 0 Å². The van der Waals surface area contributed by atoms with Crippen LogP contribution in [0.5, 0.6) is 11.5 Å². The van der Waals surface area contributed by atoms with Crippen LogP contribution >= 0.6 is 0 Å². The van der Waals surface area contributed by atoms with E-state index in [0.717, 1.165) is 12.8 Å². The van der Waals surface area contributed by atoms with E-state index in [2.05, 4.69) is 0 Å². The lowest BCUT2D eigenvalue weighted by Gasteiger charge is -2.39. The Kier molecular flexibility index (Phi) is 4.15. The summed E-state index contributed by atoms with van der Waals surface area (Å²) in [6.07, 6.45) is 1.90. The van der Waals surface area contributed by atoms with Crippen molar-refractivity contribution >= 4 is 17.5 Å². The number of carbonyl (C=O) groups excluding carboxylic acids is 2. The topological polar surface area (TPSA) is 59.1 Å². The summed E-state index contributed by atoms with van der Waals surface area (Å²) in [5.74, 6) is 1.44. The predicted molar refractivity (Wildman–Crippen MR) is 85.8 cm³/mol. The Labute approximate surface area is 136 Å². The first-order chi connectivity index (χ1) is 11.1. The minimum Gasteiger partial charge on any atom is -0.497 e. The highest BCUT2D eigenvalue weighted by Crippen LogP contribution is 2.36. The van der Waals surface area contributed by atoms with Crippen molar-refractivity contribution in [2.75, 3.05) is 32.2 Å². The van der Waals surface area contributed by atoms with Crippen LogP contribution in [0.3, 0.4) is 0 Å². The maximum absolute atomic E-state index is 12.8. The Morgan fingerprint density at radius 1 is 1.17 bits per heavy atom. The Bertz CT molecular complexity index is 627. The van der Waals surface area contributed by atoms with Crippen LogP contribution in [0, 0.1) is 5.92 Å². The monoisotopic (exact) mass is 318 g/mol. The van der Waals surface area contributed by atoms with Crippen molar-refractivity contribution in [2.24, 2.45) is 5.92 Å². The maximum Gasteiger partial charge on any atom is 0.249 e. The van der Waals surface area contributed by atoms with Gasteiger partial charge in [-0.15, -0.1) is 0 Å². The fraction of sp³-hybridized carbons (Fsp3) is 0.529. The zero-order valence-corrected chi connectivity index (χ0v) is 13.7.